The largest absolute Gasteiger partial charge is 0.335 e. The van der Waals surface area contributed by atoms with Gasteiger partial charge in [-0.3, -0.25) is 19.8 Å². The number of H-pyrrole nitrogens is 1. The fourth-order valence-corrected chi connectivity index (χ4v) is 3.78. The number of hydrogen-bond acceptors (Lipinski definition) is 6. The van der Waals surface area contributed by atoms with Crippen LogP contribution in [-0.4, -0.2) is 46.7 Å². The van der Waals surface area contributed by atoms with Gasteiger partial charge in [-0.1, -0.05) is 23.2 Å². The van der Waals surface area contributed by atoms with Gasteiger partial charge >= 0.3 is 0 Å². The Hall–Kier alpha value is -3.46. The lowest BCUT2D eigenvalue weighted by molar-refractivity contribution is -0.121. The summed E-state index contributed by atoms with van der Waals surface area (Å²) < 4.78 is 0. The van der Waals surface area contributed by atoms with E-state index in [1.165, 1.54) is 18.5 Å². The van der Waals surface area contributed by atoms with Crippen molar-refractivity contribution in [3.8, 4) is 0 Å². The number of nitrogens with one attached hydrogen (secondary N) is 4. The van der Waals surface area contributed by atoms with Crippen molar-refractivity contribution in [3.05, 3.63) is 57.0 Å². The molecule has 9 nitrogen and oxygen atoms in total. The molecule has 2 atom stereocenters. The number of aromatic nitrogens is 1. The molecular formula is C22H25ClN6O3. The maximum absolute atomic E-state index is 13.4. The number of nitrogens with zero attached hydrogens (tertiary/aromatic N) is 2. The number of benzene rings is 1. The molecule has 10 heteroatoms. The first-order valence-electron chi connectivity index (χ1n) is 10.2. The highest BCUT2D eigenvalue weighted by atomic mass is 35.5. The number of pyridine rings is 1. The van der Waals surface area contributed by atoms with Crippen molar-refractivity contribution < 1.29 is 9.59 Å². The van der Waals surface area contributed by atoms with Gasteiger partial charge in [0.15, 0.2) is 0 Å². The van der Waals surface area contributed by atoms with E-state index in [9.17, 15) is 14.4 Å². The summed E-state index contributed by atoms with van der Waals surface area (Å²) in [6.45, 7) is 4.06. The van der Waals surface area contributed by atoms with Gasteiger partial charge in [-0.25, -0.2) is 0 Å². The van der Waals surface area contributed by atoms with Crippen LogP contribution in [-0.2, 0) is 4.79 Å². The summed E-state index contributed by atoms with van der Waals surface area (Å²) in [6, 6.07) is 6.73. The summed E-state index contributed by atoms with van der Waals surface area (Å²) in [7, 11) is 0. The third-order valence-corrected chi connectivity index (χ3v) is 5.60. The SMILES string of the molecule is Cc1ccc(N/N=C\C=N)c(C(=O)N2CC(C(=O)Nc3cc(Cl)c[nH]c3=O)CC[C@H]2C)c1. The molecule has 1 aliphatic rings. The van der Waals surface area contributed by atoms with Crippen LogP contribution in [0.5, 0.6) is 0 Å². The number of rotatable bonds is 6. The molecule has 0 bridgehead atoms. The monoisotopic (exact) mass is 456 g/mol. The zero-order chi connectivity index (χ0) is 23.3. The van der Waals surface area contributed by atoms with Crippen molar-refractivity contribution in [3.63, 3.8) is 0 Å². The normalized spacial score (nSPS) is 18.4. The van der Waals surface area contributed by atoms with Crippen molar-refractivity contribution >= 4 is 47.2 Å². The highest BCUT2D eigenvalue weighted by molar-refractivity contribution is 6.30. The number of hydrogen-bond donors (Lipinski definition) is 4. The molecular weight excluding hydrogens is 432 g/mol. The summed E-state index contributed by atoms with van der Waals surface area (Å²) in [6.07, 6.45) is 4.90. The first-order chi connectivity index (χ1) is 15.3. The Morgan fingerprint density at radius 2 is 2.06 bits per heavy atom. The van der Waals surface area contributed by atoms with E-state index in [1.54, 1.807) is 17.0 Å². The lowest BCUT2D eigenvalue weighted by Gasteiger charge is -2.37. The minimum Gasteiger partial charge on any atom is -0.335 e. The van der Waals surface area contributed by atoms with Gasteiger partial charge in [0.25, 0.3) is 11.5 Å². The van der Waals surface area contributed by atoms with Gasteiger partial charge in [-0.15, -0.1) is 0 Å². The second-order valence-electron chi connectivity index (χ2n) is 7.74. The highest BCUT2D eigenvalue weighted by Gasteiger charge is 2.34. The third kappa shape index (κ3) is 5.42. The summed E-state index contributed by atoms with van der Waals surface area (Å²) in [5.74, 6) is -1.02. The number of aryl methyl sites for hydroxylation is 1. The highest BCUT2D eigenvalue weighted by Crippen LogP contribution is 2.27. The number of likely N-dealkylation sites (tertiary alicyclic amines) is 1. The van der Waals surface area contributed by atoms with E-state index in [-0.39, 0.29) is 30.1 Å². The number of amides is 2. The zero-order valence-corrected chi connectivity index (χ0v) is 18.6. The number of aromatic amines is 1. The maximum Gasteiger partial charge on any atom is 0.271 e. The fraction of sp³-hybridized carbons (Fsp3) is 0.318. The van der Waals surface area contributed by atoms with E-state index in [2.05, 4.69) is 20.8 Å². The maximum atomic E-state index is 13.4. The van der Waals surface area contributed by atoms with Crippen LogP contribution in [0.1, 0.15) is 35.7 Å². The Morgan fingerprint density at radius 1 is 1.28 bits per heavy atom. The summed E-state index contributed by atoms with van der Waals surface area (Å²) >= 11 is 5.91. The first kappa shape index (κ1) is 23.2. The molecule has 2 aromatic rings. The molecule has 2 amide bonds. The van der Waals surface area contributed by atoms with Gasteiger partial charge in [0.2, 0.25) is 5.91 Å². The summed E-state index contributed by atoms with van der Waals surface area (Å²) in [5, 5.41) is 13.9. The molecule has 0 spiro atoms. The van der Waals surface area contributed by atoms with Crippen LogP contribution in [0.25, 0.3) is 0 Å². The molecule has 168 valence electrons. The van der Waals surface area contributed by atoms with Crippen LogP contribution >= 0.6 is 11.6 Å². The lowest BCUT2D eigenvalue weighted by atomic mass is 9.91. The van der Waals surface area contributed by atoms with Gasteiger partial charge in [-0.2, -0.15) is 5.10 Å². The standard InChI is InChI=1S/C22H25ClN6O3/c1-13-3-6-18(28-26-8-7-24)17(9-13)22(32)29-12-15(5-4-14(29)2)20(30)27-19-10-16(23)11-25-21(19)31/h3,6-11,14-15,24,28H,4-5,12H2,1-2H3,(H,25,31)(H,27,30)/b24-7?,26-8-/t14-,15?/m1/s1. The zero-order valence-electron chi connectivity index (χ0n) is 17.8. The Kier molecular flexibility index (Phi) is 7.42. The van der Waals surface area contributed by atoms with E-state index in [0.717, 1.165) is 11.8 Å². The Balaban J connectivity index is 1.80. The molecule has 4 N–H and O–H groups in total. The average molecular weight is 457 g/mol. The minimum absolute atomic E-state index is 0.0560. The minimum atomic E-state index is -0.467. The van der Waals surface area contributed by atoms with E-state index in [1.807, 2.05) is 19.9 Å². The van der Waals surface area contributed by atoms with Crippen LogP contribution in [0.2, 0.25) is 5.02 Å². The Morgan fingerprint density at radius 3 is 2.81 bits per heavy atom. The lowest BCUT2D eigenvalue weighted by Crippen LogP contribution is -2.48. The molecule has 0 saturated carbocycles. The summed E-state index contributed by atoms with van der Waals surface area (Å²) in [4.78, 5) is 42.4. The van der Waals surface area contributed by atoms with E-state index >= 15 is 0 Å². The predicted octanol–water partition coefficient (Wildman–Crippen LogP) is 3.26. The van der Waals surface area contributed by atoms with E-state index < -0.39 is 11.5 Å². The molecule has 32 heavy (non-hydrogen) atoms. The molecule has 0 aliphatic carbocycles. The third-order valence-electron chi connectivity index (χ3n) is 5.38. The molecule has 1 unspecified atom stereocenters. The van der Waals surface area contributed by atoms with Crippen molar-refractivity contribution in [2.75, 3.05) is 17.3 Å². The van der Waals surface area contributed by atoms with Crippen molar-refractivity contribution in [2.45, 2.75) is 32.7 Å². The van der Waals surface area contributed by atoms with Gasteiger partial charge < -0.3 is 20.6 Å². The molecule has 1 aromatic heterocycles. The topological polar surface area (TPSA) is 131 Å². The smallest absolute Gasteiger partial charge is 0.271 e. The van der Waals surface area contributed by atoms with Crippen LogP contribution < -0.4 is 16.3 Å². The van der Waals surface area contributed by atoms with Crippen LogP contribution in [0.4, 0.5) is 11.4 Å². The van der Waals surface area contributed by atoms with E-state index in [0.29, 0.717) is 29.1 Å². The van der Waals surface area contributed by atoms with Crippen molar-refractivity contribution in [1.82, 2.24) is 9.88 Å². The number of halogens is 1. The fourth-order valence-electron chi connectivity index (χ4n) is 3.62. The number of anilines is 2. The second kappa shape index (κ2) is 10.2. The Labute approximate surface area is 190 Å². The molecule has 3 rings (SSSR count). The predicted molar refractivity (Wildman–Crippen MR) is 126 cm³/mol. The van der Waals surface area contributed by atoms with Gasteiger partial charge in [-0.05, 0) is 44.9 Å². The average Bonchev–Trinajstić information content (AvgIpc) is 2.77. The molecule has 1 aliphatic heterocycles. The molecule has 1 saturated heterocycles. The second-order valence-corrected chi connectivity index (χ2v) is 8.17. The van der Waals surface area contributed by atoms with Crippen LogP contribution in [0.15, 0.2) is 40.4 Å². The van der Waals surface area contributed by atoms with Gasteiger partial charge in [0.05, 0.1) is 28.4 Å². The van der Waals surface area contributed by atoms with Crippen LogP contribution in [0, 0.1) is 18.3 Å². The molecule has 0 radical (unpaired) electrons. The number of carbonyl (C=O) groups excluding carboxylic acids is 2. The quantitative estimate of drug-likeness (QED) is 0.392. The number of hydrazone groups is 1. The molecule has 1 aromatic carbocycles. The molecule has 2 heterocycles. The van der Waals surface area contributed by atoms with Crippen molar-refractivity contribution in [2.24, 2.45) is 11.0 Å². The van der Waals surface area contributed by atoms with E-state index in [4.69, 9.17) is 17.0 Å². The molecule has 1 fully saturated rings. The van der Waals surface area contributed by atoms with Crippen molar-refractivity contribution in [1.29, 1.82) is 5.41 Å². The first-order valence-corrected chi connectivity index (χ1v) is 10.6. The number of carbonyl (C=O) groups is 2. The Bertz CT molecular complexity index is 1110. The van der Waals surface area contributed by atoms with Gasteiger partial charge in [0, 0.05) is 25.0 Å². The summed E-state index contributed by atoms with van der Waals surface area (Å²) in [5.41, 5.74) is 4.29. The van der Waals surface area contributed by atoms with Gasteiger partial charge in [0.1, 0.15) is 5.69 Å². The number of piperidine rings is 1. The van der Waals surface area contributed by atoms with Crippen LogP contribution in [0.3, 0.4) is 0 Å².